The van der Waals surface area contributed by atoms with Crippen LogP contribution in [0.1, 0.15) is 18.9 Å². The highest BCUT2D eigenvalue weighted by molar-refractivity contribution is 14.1. The van der Waals surface area contributed by atoms with E-state index < -0.39 is 23.6 Å². The van der Waals surface area contributed by atoms with E-state index >= 15 is 8.78 Å². The summed E-state index contributed by atoms with van der Waals surface area (Å²) in [5.41, 5.74) is 0.0903. The number of thioether (sulfide) groups is 2. The van der Waals surface area contributed by atoms with Gasteiger partial charge in [-0.15, -0.1) is 17.7 Å². The molecule has 4 unspecified atom stereocenters. The van der Waals surface area contributed by atoms with Gasteiger partial charge in [0.2, 0.25) is 5.91 Å². The normalized spacial score (nSPS) is 20.1. The standard InChI is InChI=1S/C26H27F2IN4O2S2/c1-3-5-23(26(27,28)35-20-7-9-21(36-2)10-8-20)32-14-19(16-37-15-18-6-4-11-31-13-18)24(34)33-25(17-30)12-22(25)29/h4,6-11,13,19,22-23,32H,12,14-16H2,1-2H3,(H,33,34). The average Bonchev–Trinajstić information content (AvgIpc) is 3.54. The second kappa shape index (κ2) is 13.7. The number of nitrogens with zero attached hydrogens (tertiary/aromatic N) is 2. The number of nitrogens with one attached hydrogen (secondary N) is 2. The molecule has 1 aliphatic rings. The number of hydrogen-bond donors (Lipinski definition) is 2. The third-order valence-corrected chi connectivity index (χ3v) is 9.03. The highest BCUT2D eigenvalue weighted by Gasteiger charge is 2.55. The number of rotatable bonds is 13. The Hall–Kier alpha value is -2.06. The van der Waals surface area contributed by atoms with Crippen molar-refractivity contribution in [2.24, 2.45) is 5.92 Å². The maximum atomic E-state index is 15.1. The minimum atomic E-state index is -3.65. The predicted octanol–water partition coefficient (Wildman–Crippen LogP) is 4.89. The number of hydrogen-bond acceptors (Lipinski definition) is 7. The lowest BCUT2D eigenvalue weighted by atomic mass is 10.1. The molecule has 2 aromatic rings. The van der Waals surface area contributed by atoms with Crippen molar-refractivity contribution in [3.63, 3.8) is 0 Å². The van der Waals surface area contributed by atoms with Gasteiger partial charge in [-0.3, -0.25) is 15.1 Å². The molecule has 1 saturated carbocycles. The maximum absolute atomic E-state index is 15.1. The van der Waals surface area contributed by atoms with E-state index in [0.717, 1.165) is 10.5 Å². The highest BCUT2D eigenvalue weighted by atomic mass is 127. The molecule has 0 radical (unpaired) electrons. The molecule has 1 heterocycles. The number of carbonyl (C=O) groups is 1. The summed E-state index contributed by atoms with van der Waals surface area (Å²) < 4.78 is 35.2. The van der Waals surface area contributed by atoms with Crippen molar-refractivity contribution in [1.82, 2.24) is 15.6 Å². The Balaban J connectivity index is 1.68. The van der Waals surface area contributed by atoms with E-state index in [1.165, 1.54) is 42.6 Å². The summed E-state index contributed by atoms with van der Waals surface area (Å²) in [5.74, 6) is 4.97. The minimum absolute atomic E-state index is 0.0182. The molecule has 1 aromatic heterocycles. The van der Waals surface area contributed by atoms with Crippen LogP contribution in [0.3, 0.4) is 0 Å². The Morgan fingerprint density at radius 1 is 1.38 bits per heavy atom. The van der Waals surface area contributed by atoms with Crippen molar-refractivity contribution in [3.05, 3.63) is 54.4 Å². The van der Waals surface area contributed by atoms with Crippen molar-refractivity contribution in [1.29, 1.82) is 5.26 Å². The monoisotopic (exact) mass is 656 g/mol. The van der Waals surface area contributed by atoms with Crippen LogP contribution in [0.4, 0.5) is 8.78 Å². The summed E-state index contributed by atoms with van der Waals surface area (Å²) in [6.45, 7) is 1.40. The number of aromatic nitrogens is 1. The molecule has 6 nitrogen and oxygen atoms in total. The molecule has 0 spiro atoms. The lowest BCUT2D eigenvalue weighted by molar-refractivity contribution is -0.187. The lowest BCUT2D eigenvalue weighted by Crippen LogP contribution is -2.52. The molecule has 0 saturated heterocycles. The van der Waals surface area contributed by atoms with Gasteiger partial charge in [-0.1, -0.05) is 34.6 Å². The van der Waals surface area contributed by atoms with Crippen LogP contribution in [0.15, 0.2) is 53.7 Å². The van der Waals surface area contributed by atoms with E-state index in [1.54, 1.807) is 24.5 Å². The fourth-order valence-corrected chi connectivity index (χ4v) is 5.84. The first-order valence-corrected chi connectivity index (χ1v) is 15.1. The number of nitriles is 1. The topological polar surface area (TPSA) is 87.0 Å². The van der Waals surface area contributed by atoms with Gasteiger partial charge in [0.25, 0.3) is 0 Å². The molecule has 0 bridgehead atoms. The van der Waals surface area contributed by atoms with E-state index in [1.807, 2.05) is 18.4 Å². The van der Waals surface area contributed by atoms with Crippen molar-refractivity contribution in [2.75, 3.05) is 18.6 Å². The van der Waals surface area contributed by atoms with Crippen LogP contribution in [0.5, 0.6) is 5.75 Å². The second-order valence-corrected chi connectivity index (χ2v) is 11.8. The Morgan fingerprint density at radius 2 is 2.11 bits per heavy atom. The molecule has 1 fully saturated rings. The zero-order chi connectivity index (χ0) is 26.9. The first-order valence-electron chi connectivity index (χ1n) is 11.4. The number of pyridine rings is 1. The maximum Gasteiger partial charge on any atom is 0.425 e. The first kappa shape index (κ1) is 29.5. The molecule has 3 rings (SSSR count). The van der Waals surface area contributed by atoms with Crippen LogP contribution < -0.4 is 15.4 Å². The van der Waals surface area contributed by atoms with Crippen molar-refractivity contribution < 1.29 is 18.3 Å². The largest absolute Gasteiger partial charge is 0.431 e. The van der Waals surface area contributed by atoms with Crippen molar-refractivity contribution in [3.8, 4) is 23.7 Å². The van der Waals surface area contributed by atoms with Crippen molar-refractivity contribution >= 4 is 52.0 Å². The van der Waals surface area contributed by atoms with Crippen LogP contribution in [0.2, 0.25) is 0 Å². The molecule has 1 aromatic carbocycles. The second-order valence-electron chi connectivity index (χ2n) is 8.39. The summed E-state index contributed by atoms with van der Waals surface area (Å²) in [7, 11) is 0. The van der Waals surface area contributed by atoms with Crippen LogP contribution in [-0.4, -0.2) is 51.1 Å². The van der Waals surface area contributed by atoms with E-state index in [0.29, 0.717) is 17.9 Å². The molecule has 0 aliphatic heterocycles. The number of ether oxygens (including phenoxy) is 1. The quantitative estimate of drug-likeness (QED) is 0.138. The molecule has 1 aliphatic carbocycles. The molecular formula is C26H27F2IN4O2S2. The Kier molecular flexibility index (Phi) is 10.9. The molecule has 11 heteroatoms. The van der Waals surface area contributed by atoms with Gasteiger partial charge >= 0.3 is 6.11 Å². The molecule has 1 amide bonds. The lowest BCUT2D eigenvalue weighted by Gasteiger charge is -2.26. The summed E-state index contributed by atoms with van der Waals surface area (Å²) in [5, 5.41) is 15.1. The van der Waals surface area contributed by atoms with Crippen LogP contribution in [0, 0.1) is 29.1 Å². The van der Waals surface area contributed by atoms with Gasteiger partial charge in [-0.2, -0.15) is 25.8 Å². The fraction of sp³-hybridized carbons (Fsp3) is 0.423. The summed E-state index contributed by atoms with van der Waals surface area (Å²) >= 11 is 5.12. The van der Waals surface area contributed by atoms with E-state index in [9.17, 15) is 10.1 Å². The van der Waals surface area contributed by atoms with Gasteiger partial charge in [-0.25, -0.2) is 0 Å². The first-order chi connectivity index (χ1) is 17.7. The Bertz CT molecular complexity index is 1160. The third kappa shape index (κ3) is 8.47. The van der Waals surface area contributed by atoms with Gasteiger partial charge in [0.15, 0.2) is 6.04 Å². The number of carbonyl (C=O) groups excluding carboxylic acids is 1. The van der Waals surface area contributed by atoms with E-state index in [4.69, 9.17) is 4.74 Å². The highest BCUT2D eigenvalue weighted by Crippen LogP contribution is 2.42. The molecule has 196 valence electrons. The van der Waals surface area contributed by atoms with Crippen LogP contribution >= 0.6 is 46.1 Å². The number of alkyl halides is 3. The number of halogens is 3. The summed E-state index contributed by atoms with van der Waals surface area (Å²) in [6, 6.07) is 10.7. The van der Waals surface area contributed by atoms with Gasteiger partial charge in [0.05, 0.1) is 15.9 Å². The molecular weight excluding hydrogens is 629 g/mol. The Morgan fingerprint density at radius 3 is 2.68 bits per heavy atom. The Labute approximate surface area is 238 Å². The van der Waals surface area contributed by atoms with Crippen LogP contribution in [-0.2, 0) is 10.5 Å². The number of amides is 1. The van der Waals surface area contributed by atoms with Gasteiger partial charge in [0, 0.05) is 41.8 Å². The average molecular weight is 657 g/mol. The zero-order valence-electron chi connectivity index (χ0n) is 20.3. The predicted molar refractivity (Wildman–Crippen MR) is 152 cm³/mol. The molecule has 4 atom stereocenters. The third-order valence-electron chi connectivity index (χ3n) is 5.61. The fourth-order valence-electron chi connectivity index (χ4n) is 3.37. The van der Waals surface area contributed by atoms with Crippen LogP contribution in [0.25, 0.3) is 0 Å². The van der Waals surface area contributed by atoms with E-state index in [2.05, 4.69) is 56.1 Å². The summed E-state index contributed by atoms with van der Waals surface area (Å²) in [6.07, 6.45) is 2.23. The van der Waals surface area contributed by atoms with Gasteiger partial charge in [-0.05, 0) is 49.1 Å². The summed E-state index contributed by atoms with van der Waals surface area (Å²) in [4.78, 5) is 18.1. The minimum Gasteiger partial charge on any atom is -0.431 e. The van der Waals surface area contributed by atoms with Crippen molar-refractivity contribution in [2.45, 2.75) is 45.6 Å². The van der Waals surface area contributed by atoms with Gasteiger partial charge in [0.1, 0.15) is 11.3 Å². The van der Waals surface area contributed by atoms with E-state index in [-0.39, 0.29) is 22.1 Å². The molecule has 2 N–H and O–H groups in total. The zero-order valence-corrected chi connectivity index (χ0v) is 24.1. The number of benzene rings is 1. The molecule has 37 heavy (non-hydrogen) atoms. The SMILES string of the molecule is CC#CC(NCC(CSCc1cccnc1)C(=O)NC1(C#N)CC1I)C(F)(F)Oc1ccc(SC)cc1. The smallest absolute Gasteiger partial charge is 0.425 e. The van der Waals surface area contributed by atoms with Gasteiger partial charge < -0.3 is 10.1 Å².